The van der Waals surface area contributed by atoms with Crippen LogP contribution < -0.4 is 4.90 Å². The van der Waals surface area contributed by atoms with Gasteiger partial charge >= 0.3 is 11.9 Å². The minimum absolute atomic E-state index is 0.0875. The number of thioether (sulfide) groups is 1. The number of carbonyl (C=O) groups is 2. The summed E-state index contributed by atoms with van der Waals surface area (Å²) in [4.78, 5) is 30.0. The molecule has 1 fully saturated rings. The predicted molar refractivity (Wildman–Crippen MR) is 98.6 cm³/mol. The van der Waals surface area contributed by atoms with E-state index in [4.69, 9.17) is 4.74 Å². The fraction of sp³-hybridized carbons (Fsp3) is 0.556. The van der Waals surface area contributed by atoms with Gasteiger partial charge in [0.1, 0.15) is 22.5 Å². The lowest BCUT2D eigenvalue weighted by molar-refractivity contribution is -0.160. The van der Waals surface area contributed by atoms with Crippen LogP contribution in [0.4, 0.5) is 5.82 Å². The molecular formula is C18H23N3O4S. The van der Waals surface area contributed by atoms with Crippen LogP contribution in [0.2, 0.25) is 0 Å². The van der Waals surface area contributed by atoms with Crippen molar-refractivity contribution in [1.82, 2.24) is 4.98 Å². The number of anilines is 1. The summed E-state index contributed by atoms with van der Waals surface area (Å²) >= 11 is 1.23. The van der Waals surface area contributed by atoms with E-state index in [9.17, 15) is 20.0 Å². The number of nitrogens with zero attached hydrogens (tertiary/aromatic N) is 3. The number of hydrogen-bond acceptors (Lipinski definition) is 7. The van der Waals surface area contributed by atoms with Crippen LogP contribution in [0, 0.1) is 17.2 Å². The third kappa shape index (κ3) is 3.93. The van der Waals surface area contributed by atoms with Crippen LogP contribution in [0.3, 0.4) is 0 Å². The maximum atomic E-state index is 12.1. The summed E-state index contributed by atoms with van der Waals surface area (Å²) in [5.74, 6) is -1.18. The summed E-state index contributed by atoms with van der Waals surface area (Å²) in [5.41, 5.74) is 0.294. The number of carbonyl (C=O) groups excluding carboxylic acids is 1. The molecule has 26 heavy (non-hydrogen) atoms. The summed E-state index contributed by atoms with van der Waals surface area (Å²) in [6.07, 6.45) is 2.17. The molecule has 0 atom stereocenters. The summed E-state index contributed by atoms with van der Waals surface area (Å²) in [5, 5.41) is 19.5. The lowest BCUT2D eigenvalue weighted by atomic mass is 9.96. The average molecular weight is 377 g/mol. The molecule has 0 bridgehead atoms. The van der Waals surface area contributed by atoms with Crippen molar-refractivity contribution >= 4 is 29.5 Å². The largest absolute Gasteiger partial charge is 0.478 e. The smallest absolute Gasteiger partial charge is 0.338 e. The van der Waals surface area contributed by atoms with Crippen molar-refractivity contribution in [2.24, 2.45) is 5.92 Å². The second-order valence-electron chi connectivity index (χ2n) is 7.08. The van der Waals surface area contributed by atoms with Crippen molar-refractivity contribution in [1.29, 1.82) is 5.26 Å². The molecule has 1 aliphatic heterocycles. The number of aromatic nitrogens is 1. The maximum Gasteiger partial charge on any atom is 0.338 e. The Morgan fingerprint density at radius 3 is 2.46 bits per heavy atom. The third-order valence-electron chi connectivity index (χ3n) is 4.04. The first-order valence-electron chi connectivity index (χ1n) is 8.35. The lowest BCUT2D eigenvalue weighted by Crippen LogP contribution is -2.52. The molecular weight excluding hydrogens is 354 g/mol. The van der Waals surface area contributed by atoms with Gasteiger partial charge in [-0.1, -0.05) is 6.92 Å². The third-order valence-corrected chi connectivity index (χ3v) is 4.72. The maximum absolute atomic E-state index is 12.1. The summed E-state index contributed by atoms with van der Waals surface area (Å²) in [6, 6.07) is 2.10. The van der Waals surface area contributed by atoms with Gasteiger partial charge in [-0.3, -0.25) is 4.79 Å². The molecule has 0 spiro atoms. The Labute approximate surface area is 157 Å². The summed E-state index contributed by atoms with van der Waals surface area (Å²) < 4.78 is 5.39. The highest BCUT2D eigenvalue weighted by atomic mass is 32.2. The minimum atomic E-state index is -1.09. The van der Waals surface area contributed by atoms with E-state index in [0.717, 1.165) is 0 Å². The molecule has 2 heterocycles. The molecule has 0 unspecified atom stereocenters. The van der Waals surface area contributed by atoms with E-state index in [1.165, 1.54) is 11.8 Å². The van der Waals surface area contributed by atoms with E-state index in [2.05, 4.69) is 11.1 Å². The standard InChI is InChI=1S/C18H23N3O4S/c1-6-11-12(7-19)14(20-15(26-5)13(11)16(22)23)21-8-10(9-21)17(24)25-18(2,3)4/h10H,6,8-9H2,1-5H3,(H,22,23). The number of pyridine rings is 1. The van der Waals surface area contributed by atoms with Gasteiger partial charge in [0.2, 0.25) is 0 Å². The molecule has 0 aromatic carbocycles. The van der Waals surface area contributed by atoms with Gasteiger partial charge in [0.05, 0.1) is 17.0 Å². The first-order valence-corrected chi connectivity index (χ1v) is 9.57. The fourth-order valence-corrected chi connectivity index (χ4v) is 3.44. The first-order chi connectivity index (χ1) is 12.1. The molecule has 140 valence electrons. The molecule has 1 aromatic rings. The van der Waals surface area contributed by atoms with E-state index in [1.54, 1.807) is 6.26 Å². The average Bonchev–Trinajstić information content (AvgIpc) is 2.49. The van der Waals surface area contributed by atoms with Crippen LogP contribution in [-0.2, 0) is 16.0 Å². The molecule has 0 amide bonds. The summed E-state index contributed by atoms with van der Waals surface area (Å²) in [7, 11) is 0. The normalized spacial score (nSPS) is 14.5. The molecule has 7 nitrogen and oxygen atoms in total. The fourth-order valence-electron chi connectivity index (χ4n) is 2.85. The van der Waals surface area contributed by atoms with Gasteiger partial charge in [-0.2, -0.15) is 5.26 Å². The Morgan fingerprint density at radius 1 is 1.42 bits per heavy atom. The SMILES string of the molecule is CCc1c(C#N)c(N2CC(C(=O)OC(C)(C)C)C2)nc(SC)c1C(=O)O. The zero-order valence-corrected chi connectivity index (χ0v) is 16.4. The van der Waals surface area contributed by atoms with Crippen molar-refractivity contribution < 1.29 is 19.4 Å². The number of hydrogen-bond donors (Lipinski definition) is 1. The van der Waals surface area contributed by atoms with Crippen LogP contribution >= 0.6 is 11.8 Å². The number of esters is 1. The zero-order valence-electron chi connectivity index (χ0n) is 15.6. The highest BCUT2D eigenvalue weighted by Gasteiger charge is 2.38. The van der Waals surface area contributed by atoms with Crippen molar-refractivity contribution in [2.75, 3.05) is 24.2 Å². The molecule has 8 heteroatoms. The van der Waals surface area contributed by atoms with Crippen LogP contribution in [-0.4, -0.2) is 47.0 Å². The molecule has 1 N–H and O–H groups in total. The molecule has 0 saturated carbocycles. The number of rotatable bonds is 5. The van der Waals surface area contributed by atoms with Gasteiger partial charge in [-0.15, -0.1) is 11.8 Å². The van der Waals surface area contributed by atoms with E-state index in [1.807, 2.05) is 32.6 Å². The topological polar surface area (TPSA) is 104 Å². The van der Waals surface area contributed by atoms with E-state index < -0.39 is 11.6 Å². The summed E-state index contributed by atoms with van der Waals surface area (Å²) in [6.45, 7) is 8.08. The molecule has 1 saturated heterocycles. The number of aromatic carboxylic acids is 1. The molecule has 2 rings (SSSR count). The Kier molecular flexibility index (Phi) is 5.81. The first kappa shape index (κ1) is 20.0. The van der Waals surface area contributed by atoms with Gasteiger partial charge in [0.25, 0.3) is 0 Å². The molecule has 0 radical (unpaired) electrons. The Morgan fingerprint density at radius 2 is 2.04 bits per heavy atom. The second kappa shape index (κ2) is 7.54. The van der Waals surface area contributed by atoms with E-state index in [-0.39, 0.29) is 23.0 Å². The molecule has 1 aromatic heterocycles. The molecule has 0 aliphatic carbocycles. The number of carboxylic acids is 1. The Bertz CT molecular complexity index is 774. The van der Waals surface area contributed by atoms with Gasteiger partial charge in [0, 0.05) is 13.1 Å². The minimum Gasteiger partial charge on any atom is -0.478 e. The quantitative estimate of drug-likeness (QED) is 0.617. The van der Waals surface area contributed by atoms with Crippen LogP contribution in [0.15, 0.2) is 5.03 Å². The van der Waals surface area contributed by atoms with Crippen molar-refractivity contribution in [3.8, 4) is 6.07 Å². The van der Waals surface area contributed by atoms with Gasteiger partial charge in [-0.05, 0) is 39.0 Å². The Hall–Kier alpha value is -2.27. The van der Waals surface area contributed by atoms with Gasteiger partial charge in [0.15, 0.2) is 0 Å². The lowest BCUT2D eigenvalue weighted by Gasteiger charge is -2.40. The highest BCUT2D eigenvalue weighted by molar-refractivity contribution is 7.98. The van der Waals surface area contributed by atoms with E-state index in [0.29, 0.717) is 35.9 Å². The second-order valence-corrected chi connectivity index (χ2v) is 7.87. The number of nitriles is 1. The van der Waals surface area contributed by atoms with Crippen molar-refractivity contribution in [2.45, 2.75) is 44.7 Å². The van der Waals surface area contributed by atoms with Crippen LogP contribution in [0.5, 0.6) is 0 Å². The van der Waals surface area contributed by atoms with Crippen LogP contribution in [0.25, 0.3) is 0 Å². The van der Waals surface area contributed by atoms with Crippen molar-refractivity contribution in [3.05, 3.63) is 16.7 Å². The Balaban J connectivity index is 2.33. The number of ether oxygens (including phenoxy) is 1. The van der Waals surface area contributed by atoms with E-state index >= 15 is 0 Å². The van der Waals surface area contributed by atoms with Crippen molar-refractivity contribution in [3.63, 3.8) is 0 Å². The number of carboxylic acid groups (broad SMARTS) is 1. The zero-order chi connectivity index (χ0) is 19.6. The highest BCUT2D eigenvalue weighted by Crippen LogP contribution is 2.34. The van der Waals surface area contributed by atoms with Gasteiger partial charge < -0.3 is 14.7 Å². The van der Waals surface area contributed by atoms with Crippen LogP contribution in [0.1, 0.15) is 49.2 Å². The molecule has 1 aliphatic rings. The monoisotopic (exact) mass is 377 g/mol. The van der Waals surface area contributed by atoms with Gasteiger partial charge in [-0.25, -0.2) is 9.78 Å². The predicted octanol–water partition coefficient (Wildman–Crippen LogP) is 2.71.